The average molecular weight is 194 g/mol. The van der Waals surface area contributed by atoms with E-state index < -0.39 is 0 Å². The van der Waals surface area contributed by atoms with Crippen molar-refractivity contribution in [2.75, 3.05) is 13.2 Å². The summed E-state index contributed by atoms with van der Waals surface area (Å²) in [5, 5.41) is 0. The lowest BCUT2D eigenvalue weighted by Crippen LogP contribution is -2.31. The summed E-state index contributed by atoms with van der Waals surface area (Å²) in [5.41, 5.74) is 1.05. The molecule has 0 aliphatic carbocycles. The number of rotatable bonds is 4. The van der Waals surface area contributed by atoms with E-state index in [2.05, 4.69) is 26.3 Å². The van der Waals surface area contributed by atoms with Gasteiger partial charge in [0, 0.05) is 5.41 Å². The van der Waals surface area contributed by atoms with Crippen molar-refractivity contribution in [3.63, 3.8) is 0 Å². The number of ether oxygens (including phenoxy) is 2. The monoisotopic (exact) mass is 194 g/mol. The molecule has 1 heterocycles. The van der Waals surface area contributed by atoms with E-state index in [1.807, 2.05) is 0 Å². The van der Waals surface area contributed by atoms with Gasteiger partial charge in [-0.2, -0.15) is 0 Å². The lowest BCUT2D eigenvalue weighted by Gasteiger charge is -2.29. The Morgan fingerprint density at radius 1 is 1.79 bits per heavy atom. The molecule has 0 saturated carbocycles. The van der Waals surface area contributed by atoms with E-state index in [-0.39, 0.29) is 11.7 Å². The van der Waals surface area contributed by atoms with Crippen LogP contribution in [0.25, 0.3) is 0 Å². The molecule has 1 saturated heterocycles. The first-order chi connectivity index (χ1) is 6.65. The van der Waals surface area contributed by atoms with Crippen molar-refractivity contribution in [3.05, 3.63) is 12.2 Å². The standard InChI is InChI=1S/C12H18O2/c1-5-7-12(4)10(3)9-14-11(12)13-8-6-2/h2,11H,3,5,7-9H2,1,4H3. The molecule has 14 heavy (non-hydrogen) atoms. The third-order valence-corrected chi connectivity index (χ3v) is 2.82. The third-order valence-electron chi connectivity index (χ3n) is 2.82. The highest BCUT2D eigenvalue weighted by Crippen LogP contribution is 2.42. The van der Waals surface area contributed by atoms with Gasteiger partial charge in [-0.25, -0.2) is 0 Å². The molecule has 2 nitrogen and oxygen atoms in total. The van der Waals surface area contributed by atoms with Crippen LogP contribution in [0.1, 0.15) is 26.7 Å². The molecule has 1 aliphatic heterocycles. The van der Waals surface area contributed by atoms with E-state index in [0.29, 0.717) is 13.2 Å². The van der Waals surface area contributed by atoms with Crippen LogP contribution in [-0.4, -0.2) is 19.5 Å². The maximum absolute atomic E-state index is 5.52. The number of terminal acetylenes is 1. The van der Waals surface area contributed by atoms with Gasteiger partial charge in [0.05, 0.1) is 6.61 Å². The summed E-state index contributed by atoms with van der Waals surface area (Å²) in [7, 11) is 0. The Bertz CT molecular complexity index is 252. The molecule has 0 spiro atoms. The second-order valence-electron chi connectivity index (χ2n) is 3.93. The minimum absolute atomic E-state index is 0.0639. The average Bonchev–Trinajstić information content (AvgIpc) is 2.42. The fraction of sp³-hybridized carbons (Fsp3) is 0.667. The van der Waals surface area contributed by atoms with Gasteiger partial charge < -0.3 is 9.47 Å². The van der Waals surface area contributed by atoms with Crippen LogP contribution in [0.2, 0.25) is 0 Å². The van der Waals surface area contributed by atoms with Gasteiger partial charge in [-0.05, 0) is 12.0 Å². The number of hydrogen-bond donors (Lipinski definition) is 0. The van der Waals surface area contributed by atoms with Crippen LogP contribution >= 0.6 is 0 Å². The van der Waals surface area contributed by atoms with Crippen LogP contribution in [0.15, 0.2) is 12.2 Å². The molecule has 2 atom stereocenters. The maximum atomic E-state index is 5.52. The van der Waals surface area contributed by atoms with Crippen molar-refractivity contribution >= 4 is 0 Å². The quantitative estimate of drug-likeness (QED) is 0.505. The Morgan fingerprint density at radius 2 is 2.50 bits per heavy atom. The Balaban J connectivity index is 2.66. The van der Waals surface area contributed by atoms with Gasteiger partial charge in [-0.1, -0.05) is 32.8 Å². The molecule has 0 aromatic heterocycles. The predicted molar refractivity (Wildman–Crippen MR) is 56.7 cm³/mol. The summed E-state index contributed by atoms with van der Waals surface area (Å²) >= 11 is 0. The first kappa shape index (κ1) is 11.3. The molecule has 1 fully saturated rings. The maximum Gasteiger partial charge on any atom is 0.168 e. The molecule has 0 radical (unpaired) electrons. The Morgan fingerprint density at radius 3 is 3.07 bits per heavy atom. The topological polar surface area (TPSA) is 18.5 Å². The molecule has 78 valence electrons. The van der Waals surface area contributed by atoms with Crippen LogP contribution in [0.4, 0.5) is 0 Å². The first-order valence-electron chi connectivity index (χ1n) is 5.00. The molecule has 2 heteroatoms. The van der Waals surface area contributed by atoms with Crippen molar-refractivity contribution in [2.45, 2.75) is 33.0 Å². The van der Waals surface area contributed by atoms with E-state index >= 15 is 0 Å². The van der Waals surface area contributed by atoms with Crippen LogP contribution in [-0.2, 0) is 9.47 Å². The van der Waals surface area contributed by atoms with Gasteiger partial charge in [0.15, 0.2) is 6.29 Å². The molecule has 0 aromatic carbocycles. The highest BCUT2D eigenvalue weighted by Gasteiger charge is 2.43. The van der Waals surface area contributed by atoms with Gasteiger partial charge in [-0.3, -0.25) is 0 Å². The van der Waals surface area contributed by atoms with Crippen LogP contribution in [0.5, 0.6) is 0 Å². The van der Waals surface area contributed by atoms with Gasteiger partial charge in [0.1, 0.15) is 6.61 Å². The van der Waals surface area contributed by atoms with E-state index in [1.165, 1.54) is 0 Å². The van der Waals surface area contributed by atoms with E-state index in [9.17, 15) is 0 Å². The summed E-state index contributed by atoms with van der Waals surface area (Å²) in [4.78, 5) is 0. The Labute approximate surface area is 86.3 Å². The van der Waals surface area contributed by atoms with E-state index in [1.54, 1.807) is 0 Å². The highest BCUT2D eigenvalue weighted by atomic mass is 16.7. The zero-order valence-corrected chi connectivity index (χ0v) is 9.01. The Hall–Kier alpha value is -0.780. The molecule has 0 aromatic rings. The molecule has 0 amide bonds. The first-order valence-corrected chi connectivity index (χ1v) is 5.00. The van der Waals surface area contributed by atoms with E-state index in [0.717, 1.165) is 18.4 Å². The van der Waals surface area contributed by atoms with Gasteiger partial charge >= 0.3 is 0 Å². The fourth-order valence-corrected chi connectivity index (χ4v) is 1.86. The molecular weight excluding hydrogens is 176 g/mol. The smallest absolute Gasteiger partial charge is 0.168 e. The van der Waals surface area contributed by atoms with Crippen molar-refractivity contribution in [2.24, 2.45) is 5.41 Å². The third kappa shape index (κ3) is 2.00. The van der Waals surface area contributed by atoms with Crippen molar-refractivity contribution in [3.8, 4) is 12.3 Å². The van der Waals surface area contributed by atoms with E-state index in [4.69, 9.17) is 15.9 Å². The summed E-state index contributed by atoms with van der Waals surface area (Å²) in [6.07, 6.45) is 7.06. The second kappa shape index (κ2) is 4.63. The summed E-state index contributed by atoms with van der Waals surface area (Å²) in [6, 6.07) is 0. The largest absolute Gasteiger partial charge is 0.347 e. The normalized spacial score (nSPS) is 31.8. The Kier molecular flexibility index (Phi) is 3.74. The summed E-state index contributed by atoms with van der Waals surface area (Å²) in [5.74, 6) is 2.46. The molecule has 1 aliphatic rings. The summed E-state index contributed by atoms with van der Waals surface area (Å²) in [6.45, 7) is 9.20. The lowest BCUT2D eigenvalue weighted by atomic mass is 9.80. The predicted octanol–water partition coefficient (Wildman–Crippen LogP) is 2.36. The van der Waals surface area contributed by atoms with Crippen molar-refractivity contribution in [1.82, 2.24) is 0 Å². The molecule has 1 rings (SSSR count). The zero-order valence-electron chi connectivity index (χ0n) is 9.01. The summed E-state index contributed by atoms with van der Waals surface area (Å²) < 4.78 is 11.0. The minimum Gasteiger partial charge on any atom is -0.347 e. The van der Waals surface area contributed by atoms with Crippen molar-refractivity contribution < 1.29 is 9.47 Å². The van der Waals surface area contributed by atoms with Crippen molar-refractivity contribution in [1.29, 1.82) is 0 Å². The lowest BCUT2D eigenvalue weighted by molar-refractivity contribution is -0.147. The number of hydrogen-bond acceptors (Lipinski definition) is 2. The van der Waals surface area contributed by atoms with Gasteiger partial charge in [-0.15, -0.1) is 6.42 Å². The molecule has 0 bridgehead atoms. The second-order valence-corrected chi connectivity index (χ2v) is 3.93. The molecule has 2 unspecified atom stereocenters. The van der Waals surface area contributed by atoms with Crippen LogP contribution < -0.4 is 0 Å². The van der Waals surface area contributed by atoms with Crippen LogP contribution in [0.3, 0.4) is 0 Å². The van der Waals surface area contributed by atoms with Gasteiger partial charge in [0.25, 0.3) is 0 Å². The minimum atomic E-state index is -0.217. The zero-order chi connectivity index (χ0) is 10.6. The van der Waals surface area contributed by atoms with Crippen LogP contribution in [0, 0.1) is 17.8 Å². The molecule has 0 N–H and O–H groups in total. The van der Waals surface area contributed by atoms with Gasteiger partial charge in [0.2, 0.25) is 0 Å². The SMILES string of the molecule is C#CCOC1OCC(=C)C1(C)CCC. The highest BCUT2D eigenvalue weighted by molar-refractivity contribution is 5.15. The molecular formula is C12H18O2. The fourth-order valence-electron chi connectivity index (χ4n) is 1.86.